The Morgan fingerprint density at radius 3 is 2.53 bits per heavy atom. The van der Waals surface area contributed by atoms with E-state index in [-0.39, 0.29) is 11.8 Å². The smallest absolute Gasteiger partial charge is 0.338 e. The molecule has 0 spiro atoms. The van der Waals surface area contributed by atoms with Crippen LogP contribution in [0.2, 0.25) is 0 Å². The van der Waals surface area contributed by atoms with E-state index < -0.39 is 0 Å². The number of hydrogen-bond donors (Lipinski definition) is 0. The van der Waals surface area contributed by atoms with Crippen molar-refractivity contribution in [2.75, 3.05) is 6.61 Å². The summed E-state index contributed by atoms with van der Waals surface area (Å²) < 4.78 is 5.11. The standard InChI is InChI=1S/C16H18O3/c1-3-13(2)15(17)11-7-8-12-19-16(18)14-9-5-4-6-10-14/h4-6,9-10H,1,7-8,11-12H2,2H3. The van der Waals surface area contributed by atoms with Gasteiger partial charge in [0.15, 0.2) is 5.78 Å². The largest absolute Gasteiger partial charge is 0.462 e. The molecule has 3 heteroatoms. The molecular formula is C16H18O3. The summed E-state index contributed by atoms with van der Waals surface area (Å²) in [6.45, 7) is 5.46. The lowest BCUT2D eigenvalue weighted by molar-refractivity contribution is -0.115. The molecule has 0 aliphatic heterocycles. The molecule has 0 saturated heterocycles. The number of rotatable bonds is 7. The average Bonchev–Trinajstić information content (AvgIpc) is 2.46. The van der Waals surface area contributed by atoms with Gasteiger partial charge in [0.25, 0.3) is 0 Å². The van der Waals surface area contributed by atoms with Crippen molar-refractivity contribution < 1.29 is 14.3 Å². The maximum absolute atomic E-state index is 11.6. The number of carbonyl (C=O) groups excluding carboxylic acids is 2. The van der Waals surface area contributed by atoms with Crippen molar-refractivity contribution in [3.63, 3.8) is 0 Å². The van der Waals surface area contributed by atoms with Crippen molar-refractivity contribution in [2.45, 2.75) is 26.2 Å². The topological polar surface area (TPSA) is 43.4 Å². The monoisotopic (exact) mass is 258 g/mol. The van der Waals surface area contributed by atoms with Crippen molar-refractivity contribution in [1.29, 1.82) is 0 Å². The molecule has 0 aliphatic carbocycles. The molecule has 0 fully saturated rings. The lowest BCUT2D eigenvalue weighted by Crippen LogP contribution is -2.07. The van der Waals surface area contributed by atoms with Crippen LogP contribution >= 0.6 is 0 Å². The van der Waals surface area contributed by atoms with Crippen LogP contribution < -0.4 is 0 Å². The molecule has 0 aromatic heterocycles. The number of benzene rings is 1. The molecule has 1 rings (SSSR count). The minimum absolute atomic E-state index is 0.0457. The first-order valence-electron chi connectivity index (χ1n) is 6.27. The summed E-state index contributed by atoms with van der Waals surface area (Å²) in [5, 5.41) is 0. The Morgan fingerprint density at radius 2 is 1.89 bits per heavy atom. The highest BCUT2D eigenvalue weighted by Gasteiger charge is 2.06. The molecule has 0 heterocycles. The number of ketones is 1. The van der Waals surface area contributed by atoms with Crippen LogP contribution in [0.25, 0.3) is 0 Å². The SMILES string of the molecule is C=C=C(C)C(=O)CCCCOC(=O)c1ccccc1. The van der Waals surface area contributed by atoms with E-state index in [9.17, 15) is 9.59 Å². The summed E-state index contributed by atoms with van der Waals surface area (Å²) in [5.41, 5.74) is 3.68. The minimum atomic E-state index is -0.325. The molecule has 19 heavy (non-hydrogen) atoms. The summed E-state index contributed by atoms with van der Waals surface area (Å²) in [7, 11) is 0. The van der Waals surface area contributed by atoms with Gasteiger partial charge in [-0.2, -0.15) is 0 Å². The fraction of sp³-hybridized carbons (Fsp3) is 0.312. The van der Waals surface area contributed by atoms with E-state index >= 15 is 0 Å². The Kier molecular flexibility index (Phi) is 6.34. The molecule has 100 valence electrons. The van der Waals surface area contributed by atoms with Crippen molar-refractivity contribution in [2.24, 2.45) is 0 Å². The molecule has 0 bridgehead atoms. The minimum Gasteiger partial charge on any atom is -0.462 e. The van der Waals surface area contributed by atoms with Crippen LogP contribution in [-0.2, 0) is 9.53 Å². The highest BCUT2D eigenvalue weighted by Crippen LogP contribution is 2.05. The third-order valence-electron chi connectivity index (χ3n) is 2.72. The number of carbonyl (C=O) groups is 2. The van der Waals surface area contributed by atoms with Gasteiger partial charge in [0.1, 0.15) is 0 Å². The van der Waals surface area contributed by atoms with Crippen molar-refractivity contribution in [1.82, 2.24) is 0 Å². The van der Waals surface area contributed by atoms with E-state index in [1.54, 1.807) is 31.2 Å². The molecule has 0 aliphatic rings. The fourth-order valence-corrected chi connectivity index (χ4v) is 1.50. The lowest BCUT2D eigenvalue weighted by Gasteiger charge is -2.04. The van der Waals surface area contributed by atoms with Crippen LogP contribution in [-0.4, -0.2) is 18.4 Å². The van der Waals surface area contributed by atoms with E-state index in [0.717, 1.165) is 0 Å². The van der Waals surface area contributed by atoms with Gasteiger partial charge in [-0.1, -0.05) is 24.8 Å². The Bertz CT molecular complexity index is 482. The van der Waals surface area contributed by atoms with Crippen LogP contribution in [0.5, 0.6) is 0 Å². The summed E-state index contributed by atoms with van der Waals surface area (Å²) in [4.78, 5) is 23.0. The first-order chi connectivity index (χ1) is 9.15. The summed E-state index contributed by atoms with van der Waals surface area (Å²) in [6, 6.07) is 8.85. The number of ether oxygens (including phenoxy) is 1. The van der Waals surface area contributed by atoms with Gasteiger partial charge in [0, 0.05) is 12.0 Å². The van der Waals surface area contributed by atoms with Gasteiger partial charge >= 0.3 is 5.97 Å². The lowest BCUT2D eigenvalue weighted by atomic mass is 10.1. The third kappa shape index (κ3) is 5.36. The molecular weight excluding hydrogens is 240 g/mol. The predicted molar refractivity (Wildman–Crippen MR) is 73.9 cm³/mol. The van der Waals surface area contributed by atoms with E-state index in [1.807, 2.05) is 6.07 Å². The molecule has 1 aromatic carbocycles. The fourth-order valence-electron chi connectivity index (χ4n) is 1.50. The second-order valence-electron chi connectivity index (χ2n) is 4.18. The number of hydrogen-bond acceptors (Lipinski definition) is 3. The predicted octanol–water partition coefficient (Wildman–Crippen LogP) is 3.31. The maximum atomic E-state index is 11.6. The van der Waals surface area contributed by atoms with Gasteiger partial charge in [-0.05, 0) is 31.9 Å². The summed E-state index contributed by atoms with van der Waals surface area (Å²) in [6.07, 6.45) is 1.81. The molecule has 0 N–H and O–H groups in total. The number of Topliss-reactive ketones (excluding diaryl/α,β-unsaturated/α-hetero) is 1. The molecule has 0 amide bonds. The van der Waals surface area contributed by atoms with Crippen LogP contribution in [0.1, 0.15) is 36.5 Å². The number of allylic oxidation sites excluding steroid dienone is 1. The van der Waals surface area contributed by atoms with E-state index in [0.29, 0.717) is 37.0 Å². The normalized spacial score (nSPS) is 9.53. The molecule has 3 nitrogen and oxygen atoms in total. The average molecular weight is 258 g/mol. The van der Waals surface area contributed by atoms with Gasteiger partial charge in [-0.15, -0.1) is 5.73 Å². The first kappa shape index (κ1) is 14.9. The van der Waals surface area contributed by atoms with E-state index in [1.165, 1.54) is 0 Å². The zero-order valence-electron chi connectivity index (χ0n) is 11.1. The molecule has 0 radical (unpaired) electrons. The first-order valence-corrected chi connectivity index (χ1v) is 6.27. The highest BCUT2D eigenvalue weighted by atomic mass is 16.5. The zero-order valence-corrected chi connectivity index (χ0v) is 11.1. The summed E-state index contributed by atoms with van der Waals surface area (Å²) >= 11 is 0. The highest BCUT2D eigenvalue weighted by molar-refractivity contribution is 5.94. The third-order valence-corrected chi connectivity index (χ3v) is 2.72. The Labute approximate surface area is 113 Å². The molecule has 1 aromatic rings. The second-order valence-corrected chi connectivity index (χ2v) is 4.18. The van der Waals surface area contributed by atoms with E-state index in [2.05, 4.69) is 12.3 Å². The van der Waals surface area contributed by atoms with Crippen LogP contribution in [0, 0.1) is 0 Å². The Balaban J connectivity index is 2.20. The van der Waals surface area contributed by atoms with Gasteiger partial charge in [0.2, 0.25) is 0 Å². The van der Waals surface area contributed by atoms with Gasteiger partial charge in [0.05, 0.1) is 12.2 Å². The number of esters is 1. The summed E-state index contributed by atoms with van der Waals surface area (Å²) in [5.74, 6) is -0.279. The quantitative estimate of drug-likeness (QED) is 0.326. The Morgan fingerprint density at radius 1 is 1.21 bits per heavy atom. The van der Waals surface area contributed by atoms with Crippen LogP contribution in [0.15, 0.2) is 48.2 Å². The van der Waals surface area contributed by atoms with Crippen LogP contribution in [0.3, 0.4) is 0 Å². The van der Waals surface area contributed by atoms with Gasteiger partial charge < -0.3 is 4.74 Å². The van der Waals surface area contributed by atoms with E-state index in [4.69, 9.17) is 4.74 Å². The molecule has 0 saturated carbocycles. The van der Waals surface area contributed by atoms with Crippen molar-refractivity contribution in [3.05, 3.63) is 53.8 Å². The molecule has 0 atom stereocenters. The second kappa shape index (κ2) is 8.06. The molecule has 0 unspecified atom stereocenters. The number of unbranched alkanes of at least 4 members (excludes halogenated alkanes) is 1. The van der Waals surface area contributed by atoms with Gasteiger partial charge in [-0.25, -0.2) is 4.79 Å². The zero-order chi connectivity index (χ0) is 14.1. The van der Waals surface area contributed by atoms with Gasteiger partial charge in [-0.3, -0.25) is 4.79 Å². The Hall–Kier alpha value is -2.12. The van der Waals surface area contributed by atoms with Crippen LogP contribution in [0.4, 0.5) is 0 Å². The van der Waals surface area contributed by atoms with Crippen molar-refractivity contribution >= 4 is 11.8 Å². The maximum Gasteiger partial charge on any atom is 0.338 e. The van der Waals surface area contributed by atoms with Crippen molar-refractivity contribution in [3.8, 4) is 0 Å².